The van der Waals surface area contributed by atoms with Gasteiger partial charge in [-0.05, 0) is 6.92 Å². The first-order valence-electron chi connectivity index (χ1n) is 5.04. The van der Waals surface area contributed by atoms with E-state index in [9.17, 15) is 0 Å². The highest BCUT2D eigenvalue weighted by Gasteiger charge is 2.10. The van der Waals surface area contributed by atoms with Crippen molar-refractivity contribution in [2.24, 2.45) is 7.05 Å². The van der Waals surface area contributed by atoms with Crippen LogP contribution in [-0.4, -0.2) is 26.9 Å². The second-order valence-corrected chi connectivity index (χ2v) is 3.56. The smallest absolute Gasteiger partial charge is 0.242 e. The predicted molar refractivity (Wildman–Crippen MR) is 64.2 cm³/mol. The zero-order valence-corrected chi connectivity index (χ0v) is 9.93. The highest BCUT2D eigenvalue weighted by Crippen LogP contribution is 2.26. The number of nitrogen functional groups attached to an aromatic ring is 1. The van der Waals surface area contributed by atoms with Crippen molar-refractivity contribution in [3.05, 3.63) is 18.1 Å². The van der Waals surface area contributed by atoms with Gasteiger partial charge in [-0.3, -0.25) is 4.68 Å². The molecule has 0 unspecified atom stereocenters. The molecule has 0 radical (unpaired) electrons. The standard InChI is InChI=1S/C10H14N6O/c1-6-4-7(15-16(6)2)14-9-8(11)10(17-3)13-5-12-9/h4-5H,11H2,1-3H3,(H,12,13,14,15). The van der Waals surface area contributed by atoms with E-state index in [4.69, 9.17) is 10.5 Å². The topological polar surface area (TPSA) is 90.9 Å². The Morgan fingerprint density at radius 1 is 1.41 bits per heavy atom. The lowest BCUT2D eigenvalue weighted by Crippen LogP contribution is -2.03. The summed E-state index contributed by atoms with van der Waals surface area (Å²) in [5.41, 5.74) is 7.23. The van der Waals surface area contributed by atoms with E-state index < -0.39 is 0 Å². The predicted octanol–water partition coefficient (Wildman–Crippen LogP) is 0.853. The molecule has 7 heteroatoms. The Morgan fingerprint density at radius 3 is 2.76 bits per heavy atom. The lowest BCUT2D eigenvalue weighted by Gasteiger charge is -2.07. The van der Waals surface area contributed by atoms with Gasteiger partial charge >= 0.3 is 0 Å². The van der Waals surface area contributed by atoms with Crippen LogP contribution < -0.4 is 15.8 Å². The second-order valence-electron chi connectivity index (χ2n) is 3.56. The van der Waals surface area contributed by atoms with E-state index >= 15 is 0 Å². The number of aromatic nitrogens is 4. The number of anilines is 3. The van der Waals surface area contributed by atoms with E-state index in [1.807, 2.05) is 20.0 Å². The Labute approximate surface area is 98.6 Å². The van der Waals surface area contributed by atoms with Crippen molar-refractivity contribution in [2.75, 3.05) is 18.2 Å². The molecule has 0 amide bonds. The Hall–Kier alpha value is -2.31. The number of aryl methyl sites for hydroxylation is 2. The third-order valence-corrected chi connectivity index (χ3v) is 2.40. The summed E-state index contributed by atoms with van der Waals surface area (Å²) in [4.78, 5) is 7.94. The molecule has 0 atom stereocenters. The van der Waals surface area contributed by atoms with Crippen molar-refractivity contribution in [1.29, 1.82) is 0 Å². The fourth-order valence-corrected chi connectivity index (χ4v) is 1.38. The molecule has 0 saturated heterocycles. The number of rotatable bonds is 3. The fraction of sp³-hybridized carbons (Fsp3) is 0.300. The number of nitrogens with one attached hydrogen (secondary N) is 1. The van der Waals surface area contributed by atoms with E-state index in [-0.39, 0.29) is 0 Å². The van der Waals surface area contributed by atoms with Crippen LogP contribution in [0.4, 0.5) is 17.3 Å². The number of hydrogen-bond acceptors (Lipinski definition) is 6. The molecule has 2 rings (SSSR count). The van der Waals surface area contributed by atoms with E-state index in [0.29, 0.717) is 23.2 Å². The Morgan fingerprint density at radius 2 is 2.18 bits per heavy atom. The highest BCUT2D eigenvalue weighted by atomic mass is 16.5. The van der Waals surface area contributed by atoms with Gasteiger partial charge in [0.25, 0.3) is 0 Å². The lowest BCUT2D eigenvalue weighted by molar-refractivity contribution is 0.399. The molecule has 0 aliphatic heterocycles. The van der Waals surface area contributed by atoms with E-state index in [0.717, 1.165) is 5.69 Å². The summed E-state index contributed by atoms with van der Waals surface area (Å²) < 4.78 is 6.77. The molecular formula is C10H14N6O. The minimum Gasteiger partial charge on any atom is -0.479 e. The van der Waals surface area contributed by atoms with E-state index in [1.54, 1.807) is 4.68 Å². The summed E-state index contributed by atoms with van der Waals surface area (Å²) >= 11 is 0. The van der Waals surface area contributed by atoms with Crippen LogP contribution in [0.25, 0.3) is 0 Å². The normalized spacial score (nSPS) is 10.3. The van der Waals surface area contributed by atoms with Gasteiger partial charge in [0.1, 0.15) is 12.0 Å². The van der Waals surface area contributed by atoms with Gasteiger partial charge in [-0.1, -0.05) is 0 Å². The zero-order valence-electron chi connectivity index (χ0n) is 9.93. The van der Waals surface area contributed by atoms with Crippen molar-refractivity contribution >= 4 is 17.3 Å². The molecule has 0 aromatic carbocycles. The Kier molecular flexibility index (Phi) is 2.82. The summed E-state index contributed by atoms with van der Waals surface area (Å²) in [5, 5.41) is 7.27. The number of nitrogens with two attached hydrogens (primary N) is 1. The van der Waals surface area contributed by atoms with Gasteiger partial charge in [-0.15, -0.1) is 0 Å². The summed E-state index contributed by atoms with van der Waals surface area (Å²) in [6, 6.07) is 1.90. The molecule has 0 aliphatic carbocycles. The van der Waals surface area contributed by atoms with Crippen molar-refractivity contribution < 1.29 is 4.74 Å². The summed E-state index contributed by atoms with van der Waals surface area (Å²) in [7, 11) is 3.37. The summed E-state index contributed by atoms with van der Waals surface area (Å²) in [6.45, 7) is 1.96. The van der Waals surface area contributed by atoms with Crippen molar-refractivity contribution in [2.45, 2.75) is 6.92 Å². The SMILES string of the molecule is COc1ncnc(Nc2cc(C)n(C)n2)c1N. The first-order chi connectivity index (χ1) is 8.11. The van der Waals surface area contributed by atoms with E-state index in [2.05, 4.69) is 20.4 Å². The average molecular weight is 234 g/mol. The highest BCUT2D eigenvalue weighted by molar-refractivity contribution is 5.70. The maximum absolute atomic E-state index is 5.84. The van der Waals surface area contributed by atoms with Gasteiger partial charge in [0.15, 0.2) is 11.6 Å². The van der Waals surface area contributed by atoms with E-state index in [1.165, 1.54) is 13.4 Å². The van der Waals surface area contributed by atoms with Crippen LogP contribution >= 0.6 is 0 Å². The molecule has 2 heterocycles. The van der Waals surface area contributed by atoms with Crippen LogP contribution in [0.1, 0.15) is 5.69 Å². The number of nitrogens with zero attached hydrogens (tertiary/aromatic N) is 4. The van der Waals surface area contributed by atoms with Crippen molar-refractivity contribution in [3.63, 3.8) is 0 Å². The Balaban J connectivity index is 2.30. The van der Waals surface area contributed by atoms with Gasteiger partial charge < -0.3 is 15.8 Å². The molecule has 17 heavy (non-hydrogen) atoms. The third kappa shape index (κ3) is 2.12. The molecular weight excluding hydrogens is 220 g/mol. The van der Waals surface area contributed by atoms with Crippen LogP contribution in [-0.2, 0) is 7.05 Å². The summed E-state index contributed by atoms with van der Waals surface area (Å²) in [6.07, 6.45) is 1.38. The maximum Gasteiger partial charge on any atom is 0.242 e. The molecule has 7 nitrogen and oxygen atoms in total. The van der Waals surface area contributed by atoms with Gasteiger partial charge in [0.2, 0.25) is 5.88 Å². The zero-order chi connectivity index (χ0) is 12.4. The number of hydrogen-bond donors (Lipinski definition) is 2. The quantitative estimate of drug-likeness (QED) is 0.818. The van der Waals surface area contributed by atoms with Crippen molar-refractivity contribution in [3.8, 4) is 5.88 Å². The molecule has 0 bridgehead atoms. The van der Waals surface area contributed by atoms with Gasteiger partial charge in [0, 0.05) is 18.8 Å². The minimum absolute atomic E-state index is 0.343. The van der Waals surface area contributed by atoms with Crippen LogP contribution in [0.3, 0.4) is 0 Å². The van der Waals surface area contributed by atoms with Gasteiger partial charge in [-0.25, -0.2) is 4.98 Å². The molecule has 0 saturated carbocycles. The molecule has 2 aromatic rings. The summed E-state index contributed by atoms with van der Waals surface area (Å²) in [5.74, 6) is 1.50. The minimum atomic E-state index is 0.343. The van der Waals surface area contributed by atoms with Crippen molar-refractivity contribution in [1.82, 2.24) is 19.7 Å². The third-order valence-electron chi connectivity index (χ3n) is 2.40. The average Bonchev–Trinajstić information content (AvgIpc) is 2.61. The van der Waals surface area contributed by atoms with Crippen LogP contribution in [0.15, 0.2) is 12.4 Å². The second kappa shape index (κ2) is 4.28. The fourth-order valence-electron chi connectivity index (χ4n) is 1.38. The first-order valence-corrected chi connectivity index (χ1v) is 5.04. The molecule has 2 aromatic heterocycles. The molecule has 0 spiro atoms. The van der Waals surface area contributed by atoms with Gasteiger partial charge in [0.05, 0.1) is 7.11 Å². The maximum atomic E-state index is 5.84. The molecule has 0 aliphatic rings. The number of methoxy groups -OCH3 is 1. The molecule has 0 fully saturated rings. The largest absolute Gasteiger partial charge is 0.479 e. The molecule has 3 N–H and O–H groups in total. The Bertz CT molecular complexity index is 516. The monoisotopic (exact) mass is 234 g/mol. The van der Waals surface area contributed by atoms with Crippen LogP contribution in [0.5, 0.6) is 5.88 Å². The van der Waals surface area contributed by atoms with Crippen LogP contribution in [0.2, 0.25) is 0 Å². The first kappa shape index (κ1) is 11.2. The van der Waals surface area contributed by atoms with Gasteiger partial charge in [-0.2, -0.15) is 10.1 Å². The van der Waals surface area contributed by atoms with Crippen LogP contribution in [0, 0.1) is 6.92 Å². The molecule has 90 valence electrons. The number of ether oxygens (including phenoxy) is 1. The lowest BCUT2D eigenvalue weighted by atomic mass is 10.4.